The van der Waals surface area contributed by atoms with Gasteiger partial charge >= 0.3 is 0 Å². The Morgan fingerprint density at radius 3 is 2.59 bits per heavy atom. The topological polar surface area (TPSA) is 37.3 Å². The van der Waals surface area contributed by atoms with E-state index in [1.54, 1.807) is 0 Å². The molecule has 0 saturated heterocycles. The summed E-state index contributed by atoms with van der Waals surface area (Å²) in [6.07, 6.45) is 6.79. The maximum absolute atomic E-state index is 12.9. The summed E-state index contributed by atoms with van der Waals surface area (Å²) in [5, 5.41) is 10.5. The van der Waals surface area contributed by atoms with Crippen LogP contribution in [0.5, 0.6) is 0 Å². The van der Waals surface area contributed by atoms with Gasteiger partial charge in [0.15, 0.2) is 0 Å². The summed E-state index contributed by atoms with van der Waals surface area (Å²) in [7, 11) is 0. The average molecular weight is 302 g/mol. The molecular formula is C20H30O2. The van der Waals surface area contributed by atoms with E-state index in [9.17, 15) is 9.90 Å². The molecule has 0 aromatic carbocycles. The Bertz CT molecular complexity index is 548. The fourth-order valence-corrected chi connectivity index (χ4v) is 7.20. The molecule has 5 rings (SSSR count). The average Bonchev–Trinajstić information content (AvgIpc) is 2.44. The second kappa shape index (κ2) is 4.26. The van der Waals surface area contributed by atoms with Gasteiger partial charge in [0.1, 0.15) is 5.78 Å². The predicted molar refractivity (Wildman–Crippen MR) is 87.3 cm³/mol. The van der Waals surface area contributed by atoms with Crippen LogP contribution in [0.2, 0.25) is 0 Å². The van der Waals surface area contributed by atoms with Crippen molar-refractivity contribution in [3.05, 3.63) is 12.2 Å². The van der Waals surface area contributed by atoms with Crippen LogP contribution in [0.1, 0.15) is 65.7 Å². The monoisotopic (exact) mass is 302 g/mol. The van der Waals surface area contributed by atoms with Gasteiger partial charge in [0.25, 0.3) is 0 Å². The van der Waals surface area contributed by atoms with E-state index in [0.717, 1.165) is 38.5 Å². The number of hydrogen-bond acceptors (Lipinski definition) is 2. The molecule has 5 saturated carbocycles. The molecule has 0 unspecified atom stereocenters. The fourth-order valence-electron chi connectivity index (χ4n) is 7.20. The van der Waals surface area contributed by atoms with E-state index in [2.05, 4.69) is 27.4 Å². The number of fused-ring (bicyclic) bond motifs is 3. The predicted octanol–water partition coefficient (Wildman–Crippen LogP) is 4.13. The van der Waals surface area contributed by atoms with Gasteiger partial charge in [-0.15, -0.1) is 0 Å². The van der Waals surface area contributed by atoms with Crippen LogP contribution in [0.25, 0.3) is 0 Å². The third-order valence-corrected chi connectivity index (χ3v) is 8.48. The maximum atomic E-state index is 12.9. The number of rotatable bonds is 0. The highest BCUT2D eigenvalue weighted by Crippen LogP contribution is 2.70. The number of hydrogen-bond donors (Lipinski definition) is 1. The van der Waals surface area contributed by atoms with Crippen molar-refractivity contribution in [2.45, 2.75) is 71.8 Å². The smallest absolute Gasteiger partial charge is 0.140 e. The first-order chi connectivity index (χ1) is 10.2. The minimum absolute atomic E-state index is 0.0225. The standard InChI is InChI=1S/C20H30O2/c1-12-11-20-8-5-14-18(2,3)16(21)6-7-19(14,4)15(20)9-13(12)10-17(20)22/h13-16,21H,1,5-11H2,2-4H3/t13-,14-,15+,16-,19-,20+/m1/s1. The highest BCUT2D eigenvalue weighted by Gasteiger charge is 2.66. The van der Waals surface area contributed by atoms with Crippen molar-refractivity contribution in [3.8, 4) is 0 Å². The summed E-state index contributed by atoms with van der Waals surface area (Å²) < 4.78 is 0. The third kappa shape index (κ3) is 1.58. The normalized spacial score (nSPS) is 53.1. The van der Waals surface area contributed by atoms with Gasteiger partial charge in [-0.25, -0.2) is 0 Å². The molecule has 22 heavy (non-hydrogen) atoms. The molecule has 0 aliphatic heterocycles. The molecule has 1 spiro atoms. The van der Waals surface area contributed by atoms with Crippen molar-refractivity contribution < 1.29 is 9.90 Å². The minimum atomic E-state index is -0.189. The quantitative estimate of drug-likeness (QED) is 0.683. The Kier molecular flexibility index (Phi) is 2.89. The van der Waals surface area contributed by atoms with Crippen molar-refractivity contribution in [1.82, 2.24) is 0 Å². The number of carbonyl (C=O) groups is 1. The largest absolute Gasteiger partial charge is 0.393 e. The van der Waals surface area contributed by atoms with Crippen LogP contribution < -0.4 is 0 Å². The van der Waals surface area contributed by atoms with Gasteiger partial charge in [-0.3, -0.25) is 4.79 Å². The number of aliphatic hydroxyl groups excluding tert-OH is 1. The number of carbonyl (C=O) groups excluding carboxylic acids is 1. The van der Waals surface area contributed by atoms with E-state index in [4.69, 9.17) is 0 Å². The lowest BCUT2D eigenvalue weighted by Gasteiger charge is -2.67. The third-order valence-electron chi connectivity index (χ3n) is 8.48. The molecule has 2 heteroatoms. The Labute approximate surface area is 134 Å². The highest BCUT2D eigenvalue weighted by molar-refractivity contribution is 5.88. The lowest BCUT2D eigenvalue weighted by molar-refractivity contribution is -0.196. The number of allylic oxidation sites excluding steroid dienone is 1. The molecule has 2 bridgehead atoms. The number of Topliss-reactive ketones (excluding diaryl/α,β-unsaturated/α-hetero) is 1. The van der Waals surface area contributed by atoms with Gasteiger partial charge in [0.2, 0.25) is 0 Å². The van der Waals surface area contributed by atoms with E-state index in [1.165, 1.54) is 12.0 Å². The fraction of sp³-hybridized carbons (Fsp3) is 0.850. The molecule has 1 N–H and O–H groups in total. The lowest BCUT2D eigenvalue weighted by atomic mass is 9.36. The molecule has 122 valence electrons. The summed E-state index contributed by atoms with van der Waals surface area (Å²) in [6.45, 7) is 11.2. The summed E-state index contributed by atoms with van der Waals surface area (Å²) in [5.41, 5.74) is 1.43. The van der Waals surface area contributed by atoms with Crippen LogP contribution in [0.15, 0.2) is 12.2 Å². The van der Waals surface area contributed by atoms with Crippen LogP contribution in [0, 0.1) is 34.0 Å². The van der Waals surface area contributed by atoms with E-state index in [1.807, 2.05) is 0 Å². The van der Waals surface area contributed by atoms with Crippen molar-refractivity contribution >= 4 is 5.78 Å². The molecule has 0 heterocycles. The highest BCUT2D eigenvalue weighted by atomic mass is 16.3. The van der Waals surface area contributed by atoms with Gasteiger partial charge in [-0.05, 0) is 67.1 Å². The minimum Gasteiger partial charge on any atom is -0.393 e. The molecule has 2 nitrogen and oxygen atoms in total. The first-order valence-corrected chi connectivity index (χ1v) is 9.11. The molecule has 5 fully saturated rings. The van der Waals surface area contributed by atoms with Crippen molar-refractivity contribution in [2.75, 3.05) is 0 Å². The van der Waals surface area contributed by atoms with Crippen LogP contribution >= 0.6 is 0 Å². The van der Waals surface area contributed by atoms with Crippen LogP contribution in [-0.4, -0.2) is 17.0 Å². The zero-order chi connectivity index (χ0) is 15.9. The van der Waals surface area contributed by atoms with Gasteiger partial charge in [-0.2, -0.15) is 0 Å². The van der Waals surface area contributed by atoms with E-state index >= 15 is 0 Å². The van der Waals surface area contributed by atoms with Crippen LogP contribution in [0.4, 0.5) is 0 Å². The van der Waals surface area contributed by atoms with Gasteiger partial charge in [0, 0.05) is 11.8 Å². The summed E-state index contributed by atoms with van der Waals surface area (Å²) >= 11 is 0. The van der Waals surface area contributed by atoms with Crippen molar-refractivity contribution in [1.29, 1.82) is 0 Å². The molecule has 5 aliphatic rings. The Balaban J connectivity index is 1.78. The van der Waals surface area contributed by atoms with E-state index in [-0.39, 0.29) is 22.3 Å². The first-order valence-electron chi connectivity index (χ1n) is 9.11. The van der Waals surface area contributed by atoms with Gasteiger partial charge in [-0.1, -0.05) is 32.9 Å². The molecule has 0 radical (unpaired) electrons. The second-order valence-corrected chi connectivity index (χ2v) is 9.58. The number of ketones is 1. The SMILES string of the molecule is C=C1C[C@@]23CC[C@@H]4C(C)(C)[C@H](O)CC[C@@]4(C)[C@@H]2C[C@@H]1CC3=O. The molecular weight excluding hydrogens is 272 g/mol. The maximum Gasteiger partial charge on any atom is 0.140 e. The van der Waals surface area contributed by atoms with E-state index in [0.29, 0.717) is 23.5 Å². The van der Waals surface area contributed by atoms with Crippen LogP contribution in [0.3, 0.4) is 0 Å². The summed E-state index contributed by atoms with van der Waals surface area (Å²) in [4.78, 5) is 12.9. The molecule has 5 aliphatic carbocycles. The van der Waals surface area contributed by atoms with Gasteiger partial charge < -0.3 is 5.11 Å². The Morgan fingerprint density at radius 2 is 1.86 bits per heavy atom. The number of aliphatic hydroxyl groups is 1. The first kappa shape index (κ1) is 14.9. The Morgan fingerprint density at radius 1 is 1.14 bits per heavy atom. The van der Waals surface area contributed by atoms with Crippen molar-refractivity contribution in [2.24, 2.45) is 34.0 Å². The zero-order valence-corrected chi connectivity index (χ0v) is 14.3. The molecule has 0 aromatic rings. The van der Waals surface area contributed by atoms with Gasteiger partial charge in [0.05, 0.1) is 6.10 Å². The molecule has 6 atom stereocenters. The van der Waals surface area contributed by atoms with Crippen molar-refractivity contribution in [3.63, 3.8) is 0 Å². The zero-order valence-electron chi connectivity index (χ0n) is 14.3. The second-order valence-electron chi connectivity index (χ2n) is 9.58. The van der Waals surface area contributed by atoms with Crippen LogP contribution in [-0.2, 0) is 4.79 Å². The lowest BCUT2D eigenvalue weighted by Crippen LogP contribution is -2.64. The summed E-state index contributed by atoms with van der Waals surface area (Å²) in [6, 6.07) is 0. The summed E-state index contributed by atoms with van der Waals surface area (Å²) in [5.74, 6) is 2.02. The molecule has 0 aromatic heterocycles. The Hall–Kier alpha value is -0.630. The van der Waals surface area contributed by atoms with E-state index < -0.39 is 0 Å². The molecule has 0 amide bonds.